The molecule has 3 N–H and O–H groups in total. The lowest BCUT2D eigenvalue weighted by Crippen LogP contribution is -2.37. The van der Waals surface area contributed by atoms with Crippen LogP contribution < -0.4 is 15.4 Å². The van der Waals surface area contributed by atoms with Crippen molar-refractivity contribution in [3.63, 3.8) is 0 Å². The van der Waals surface area contributed by atoms with Crippen LogP contribution in [-0.2, 0) is 19.6 Å². The fourth-order valence-corrected chi connectivity index (χ4v) is 3.62. The van der Waals surface area contributed by atoms with Gasteiger partial charge in [0.1, 0.15) is 5.60 Å². The first-order valence-corrected chi connectivity index (χ1v) is 11.6. The molecule has 2 aromatic carbocycles. The van der Waals surface area contributed by atoms with E-state index < -0.39 is 27.6 Å². The third kappa shape index (κ3) is 9.09. The number of benzene rings is 2. The maximum Gasteiger partial charge on any atom is 0.407 e. The molecule has 0 bridgehead atoms. The fraction of sp³-hybridized carbons (Fsp3) is 0.273. The number of carbonyl (C=O) groups is 2. The van der Waals surface area contributed by atoms with Crippen LogP contribution in [0.3, 0.4) is 0 Å². The molecule has 0 aliphatic rings. The van der Waals surface area contributed by atoms with E-state index in [9.17, 15) is 18.0 Å². The van der Waals surface area contributed by atoms with E-state index in [-0.39, 0.29) is 18.0 Å². The molecule has 2 amide bonds. The Bertz CT molecular complexity index is 1080. The zero-order valence-corrected chi connectivity index (χ0v) is 19.6. The quantitative estimate of drug-likeness (QED) is 0.393. The maximum atomic E-state index is 12.5. The molecule has 0 heterocycles. The van der Waals surface area contributed by atoms with Crippen LogP contribution in [0.2, 0.25) is 5.02 Å². The van der Waals surface area contributed by atoms with Crippen molar-refractivity contribution in [2.75, 3.05) is 18.4 Å². The number of carbonyl (C=O) groups excluding carboxylic acids is 2. The van der Waals surface area contributed by atoms with Gasteiger partial charge in [-0.25, -0.2) is 17.9 Å². The van der Waals surface area contributed by atoms with E-state index >= 15 is 0 Å². The van der Waals surface area contributed by atoms with Crippen LogP contribution in [0, 0.1) is 0 Å². The lowest BCUT2D eigenvalue weighted by molar-refractivity contribution is -0.111. The third-order valence-electron chi connectivity index (χ3n) is 3.79. The van der Waals surface area contributed by atoms with E-state index in [2.05, 4.69) is 15.4 Å². The Kier molecular flexibility index (Phi) is 8.82. The van der Waals surface area contributed by atoms with Gasteiger partial charge in [0.15, 0.2) is 0 Å². The highest BCUT2D eigenvalue weighted by Crippen LogP contribution is 2.16. The number of sulfonamides is 1. The predicted octanol–water partition coefficient (Wildman–Crippen LogP) is 3.79. The smallest absolute Gasteiger partial charge is 0.407 e. The predicted molar refractivity (Wildman–Crippen MR) is 125 cm³/mol. The van der Waals surface area contributed by atoms with Crippen molar-refractivity contribution < 1.29 is 22.7 Å². The minimum absolute atomic E-state index is 0.0192. The number of nitrogens with one attached hydrogen (secondary N) is 3. The lowest BCUT2D eigenvalue weighted by Gasteiger charge is -2.19. The minimum Gasteiger partial charge on any atom is -0.444 e. The summed E-state index contributed by atoms with van der Waals surface area (Å²) in [4.78, 5) is 23.7. The number of halogens is 1. The first-order valence-electron chi connectivity index (χ1n) is 9.76. The van der Waals surface area contributed by atoms with Crippen molar-refractivity contribution in [1.29, 1.82) is 0 Å². The first kappa shape index (κ1) is 25.4. The Morgan fingerprint density at radius 3 is 2.41 bits per heavy atom. The van der Waals surface area contributed by atoms with Gasteiger partial charge >= 0.3 is 6.09 Å². The van der Waals surface area contributed by atoms with Gasteiger partial charge < -0.3 is 15.4 Å². The lowest BCUT2D eigenvalue weighted by atomic mass is 10.2. The molecule has 0 aromatic heterocycles. The fourth-order valence-electron chi connectivity index (χ4n) is 2.42. The number of amides is 2. The largest absolute Gasteiger partial charge is 0.444 e. The summed E-state index contributed by atoms with van der Waals surface area (Å²) in [5, 5.41) is 5.69. The van der Waals surface area contributed by atoms with Crippen LogP contribution >= 0.6 is 11.6 Å². The Hall–Kier alpha value is -2.88. The van der Waals surface area contributed by atoms with Gasteiger partial charge in [0.05, 0.1) is 4.90 Å². The van der Waals surface area contributed by atoms with E-state index in [0.717, 1.165) is 5.56 Å². The Balaban J connectivity index is 1.90. The zero-order valence-electron chi connectivity index (χ0n) is 18.0. The van der Waals surface area contributed by atoms with Crippen LogP contribution in [0.5, 0.6) is 0 Å². The van der Waals surface area contributed by atoms with E-state index in [0.29, 0.717) is 10.7 Å². The number of anilines is 1. The molecule has 0 atom stereocenters. The van der Waals surface area contributed by atoms with Gasteiger partial charge in [0.25, 0.3) is 0 Å². The molecule has 32 heavy (non-hydrogen) atoms. The van der Waals surface area contributed by atoms with Crippen LogP contribution in [-0.4, -0.2) is 39.1 Å². The summed E-state index contributed by atoms with van der Waals surface area (Å²) in [5.74, 6) is -0.413. The Morgan fingerprint density at radius 2 is 1.75 bits per heavy atom. The number of hydrogen-bond acceptors (Lipinski definition) is 5. The first-order chi connectivity index (χ1) is 14.9. The van der Waals surface area contributed by atoms with E-state index in [4.69, 9.17) is 16.3 Å². The van der Waals surface area contributed by atoms with Gasteiger partial charge in [0, 0.05) is 29.9 Å². The van der Waals surface area contributed by atoms with E-state index in [1.165, 1.54) is 24.3 Å². The number of rotatable bonds is 8. The van der Waals surface area contributed by atoms with Gasteiger partial charge in [-0.2, -0.15) is 0 Å². The van der Waals surface area contributed by atoms with Gasteiger partial charge in [-0.15, -0.1) is 0 Å². The standard InChI is InChI=1S/C22H26ClN3O5S/c1-22(2,3)31-21(28)24-13-14-25-32(29,30)19-6-4-5-18(15-19)26-20(27)12-9-16-7-10-17(23)11-8-16/h4-12,15,25H,13-14H2,1-3H3,(H,24,28)(H,26,27)/b12-9+. The molecule has 2 rings (SSSR count). The molecule has 0 saturated heterocycles. The van der Waals surface area contributed by atoms with Gasteiger partial charge in [-0.05, 0) is 62.7 Å². The highest BCUT2D eigenvalue weighted by atomic mass is 35.5. The van der Waals surface area contributed by atoms with E-state index in [1.54, 1.807) is 57.2 Å². The van der Waals surface area contributed by atoms with Crippen molar-refractivity contribution in [3.05, 3.63) is 65.2 Å². The third-order valence-corrected chi connectivity index (χ3v) is 5.51. The highest BCUT2D eigenvalue weighted by molar-refractivity contribution is 7.89. The molecular formula is C22H26ClN3O5S. The summed E-state index contributed by atoms with van der Waals surface area (Å²) >= 11 is 5.83. The second-order valence-corrected chi connectivity index (χ2v) is 9.93. The van der Waals surface area contributed by atoms with Crippen molar-refractivity contribution in [2.45, 2.75) is 31.3 Å². The topological polar surface area (TPSA) is 114 Å². The molecular weight excluding hydrogens is 454 g/mol. The van der Waals surface area contributed by atoms with Crippen LogP contribution in [0.1, 0.15) is 26.3 Å². The maximum absolute atomic E-state index is 12.5. The average Bonchev–Trinajstić information content (AvgIpc) is 2.70. The molecule has 0 unspecified atom stereocenters. The minimum atomic E-state index is -3.83. The number of ether oxygens (including phenoxy) is 1. The summed E-state index contributed by atoms with van der Waals surface area (Å²) in [6.07, 6.45) is 2.32. The molecule has 0 aliphatic carbocycles. The Morgan fingerprint density at radius 1 is 1.06 bits per heavy atom. The summed E-state index contributed by atoms with van der Waals surface area (Å²) in [7, 11) is -3.83. The summed E-state index contributed by atoms with van der Waals surface area (Å²) < 4.78 is 32.4. The molecule has 0 spiro atoms. The summed E-state index contributed by atoms with van der Waals surface area (Å²) in [5.41, 5.74) is 0.480. The van der Waals surface area contributed by atoms with Crippen LogP contribution in [0.4, 0.5) is 10.5 Å². The molecule has 172 valence electrons. The molecule has 2 aromatic rings. The average molecular weight is 480 g/mol. The van der Waals surface area contributed by atoms with Crippen molar-refractivity contribution in [3.8, 4) is 0 Å². The molecule has 0 aliphatic heterocycles. The monoisotopic (exact) mass is 479 g/mol. The zero-order chi connectivity index (χ0) is 23.8. The number of hydrogen-bond donors (Lipinski definition) is 3. The molecule has 10 heteroatoms. The molecule has 8 nitrogen and oxygen atoms in total. The second-order valence-electron chi connectivity index (χ2n) is 7.73. The van der Waals surface area contributed by atoms with Crippen molar-refractivity contribution in [1.82, 2.24) is 10.0 Å². The molecule has 0 fully saturated rings. The van der Waals surface area contributed by atoms with Crippen LogP contribution in [0.25, 0.3) is 6.08 Å². The number of alkyl carbamates (subject to hydrolysis) is 1. The van der Waals surface area contributed by atoms with Crippen molar-refractivity contribution >= 4 is 45.4 Å². The SMILES string of the molecule is CC(C)(C)OC(=O)NCCNS(=O)(=O)c1cccc(NC(=O)/C=C/c2ccc(Cl)cc2)c1. The normalized spacial score (nSPS) is 11.9. The Labute approximate surface area is 193 Å². The molecule has 0 radical (unpaired) electrons. The van der Waals surface area contributed by atoms with Gasteiger partial charge in [-0.1, -0.05) is 29.8 Å². The summed E-state index contributed by atoms with van der Waals surface area (Å²) in [6.45, 7) is 5.22. The van der Waals surface area contributed by atoms with E-state index in [1.807, 2.05) is 0 Å². The highest BCUT2D eigenvalue weighted by Gasteiger charge is 2.17. The van der Waals surface area contributed by atoms with Gasteiger partial charge in [-0.3, -0.25) is 4.79 Å². The van der Waals surface area contributed by atoms with Crippen molar-refractivity contribution in [2.24, 2.45) is 0 Å². The summed E-state index contributed by atoms with van der Waals surface area (Å²) in [6, 6.07) is 12.8. The van der Waals surface area contributed by atoms with Gasteiger partial charge in [0.2, 0.25) is 15.9 Å². The van der Waals surface area contributed by atoms with Crippen LogP contribution in [0.15, 0.2) is 59.5 Å². The second kappa shape index (κ2) is 11.1. The molecule has 0 saturated carbocycles.